The molecule has 2 aromatic carbocycles. The highest BCUT2D eigenvalue weighted by molar-refractivity contribution is 7.53. The van der Waals surface area contributed by atoms with Gasteiger partial charge in [0.15, 0.2) is 0 Å². The molecule has 1 saturated heterocycles. The molecule has 3 aromatic rings. The number of pyridine rings is 1. The van der Waals surface area contributed by atoms with Gasteiger partial charge in [-0.15, -0.1) is 0 Å². The Morgan fingerprint density at radius 1 is 0.977 bits per heavy atom. The molecule has 10 heteroatoms. The second-order valence-corrected chi connectivity index (χ2v) is 12.6. The van der Waals surface area contributed by atoms with E-state index in [1.807, 2.05) is 24.3 Å². The number of aromatic nitrogens is 1. The second kappa shape index (κ2) is 15.1. The fraction of sp³-hybridized carbons (Fsp3) is 0.364. The van der Waals surface area contributed by atoms with Crippen LogP contribution < -0.4 is 10.1 Å². The van der Waals surface area contributed by atoms with Crippen LogP contribution in [0.3, 0.4) is 0 Å². The quantitative estimate of drug-likeness (QED) is 0.127. The number of nitrogens with one attached hydrogen (secondary N) is 2. The average Bonchev–Trinajstić information content (AvgIpc) is 3.02. The Hall–Kier alpha value is -3.78. The Bertz CT molecular complexity index is 1450. The number of amides is 1. The normalized spacial score (nSPS) is 14.9. The molecule has 1 aliphatic heterocycles. The van der Waals surface area contributed by atoms with Crippen LogP contribution in [0.4, 0.5) is 0 Å². The lowest BCUT2D eigenvalue weighted by molar-refractivity contribution is -0.128. The van der Waals surface area contributed by atoms with E-state index < -0.39 is 7.60 Å². The number of hydrogen-bond acceptors (Lipinski definition) is 8. The number of benzene rings is 2. The minimum absolute atomic E-state index is 0.0943. The summed E-state index contributed by atoms with van der Waals surface area (Å²) in [5.41, 5.74) is 4.66. The van der Waals surface area contributed by atoms with Crippen molar-refractivity contribution in [1.29, 1.82) is 5.41 Å². The standard InChI is InChI=1S/C33H41N4O5P/c1-5-41-43(39,42-6-2)22-21-37-20-19-36-32(33(37)38)30(31(34)28-15-17-35-18-16-28)27-11-13-29(14-12-27)40-23-25-7-9-26(10-8-25)24(3)4/h7-18,24,34,36H,5-6,19-23H2,1-4H3/b32-30-,34-31?. The molecule has 0 unspecified atom stereocenters. The average molecular weight is 605 g/mol. The first-order valence-corrected chi connectivity index (χ1v) is 16.4. The smallest absolute Gasteiger partial charge is 0.332 e. The summed E-state index contributed by atoms with van der Waals surface area (Å²) < 4.78 is 29.9. The number of allylic oxidation sites excluding steroid dienone is 1. The molecular weight excluding hydrogens is 563 g/mol. The van der Waals surface area contributed by atoms with Crippen LogP contribution in [0.25, 0.3) is 5.57 Å². The fourth-order valence-corrected chi connectivity index (χ4v) is 6.43. The van der Waals surface area contributed by atoms with Gasteiger partial charge in [0.2, 0.25) is 0 Å². The van der Waals surface area contributed by atoms with Crippen LogP contribution in [0.1, 0.15) is 55.9 Å². The maximum absolute atomic E-state index is 13.8. The monoisotopic (exact) mass is 604 g/mol. The Balaban J connectivity index is 1.59. The van der Waals surface area contributed by atoms with Crippen molar-refractivity contribution in [3.8, 4) is 5.75 Å². The lowest BCUT2D eigenvalue weighted by Crippen LogP contribution is -2.48. The molecule has 228 valence electrons. The minimum Gasteiger partial charge on any atom is -0.489 e. The van der Waals surface area contributed by atoms with Gasteiger partial charge in [-0.2, -0.15) is 0 Å². The number of rotatable bonds is 14. The fourth-order valence-electron chi connectivity index (χ4n) is 4.82. The Morgan fingerprint density at radius 2 is 1.63 bits per heavy atom. The predicted molar refractivity (Wildman–Crippen MR) is 170 cm³/mol. The van der Waals surface area contributed by atoms with Crippen molar-refractivity contribution in [3.63, 3.8) is 0 Å². The predicted octanol–water partition coefficient (Wildman–Crippen LogP) is 6.26. The molecule has 43 heavy (non-hydrogen) atoms. The molecule has 2 heterocycles. The molecular formula is C33H41N4O5P. The number of nitrogens with zero attached hydrogens (tertiary/aromatic N) is 2. The molecule has 0 saturated carbocycles. The SMILES string of the molecule is CCOP(=O)(CCN1CCN/C(=C(\C(=N)c2ccncc2)c2ccc(OCc3ccc(C(C)C)cc3)cc2)C1=O)OCC. The maximum Gasteiger partial charge on any atom is 0.332 e. The van der Waals surface area contributed by atoms with E-state index in [1.54, 1.807) is 43.3 Å². The van der Waals surface area contributed by atoms with E-state index in [0.29, 0.717) is 53.8 Å². The lowest BCUT2D eigenvalue weighted by atomic mass is 9.93. The van der Waals surface area contributed by atoms with Gasteiger partial charge in [0.1, 0.15) is 18.1 Å². The number of carbonyl (C=O) groups excluding carboxylic acids is 1. The van der Waals surface area contributed by atoms with Crippen LogP contribution in [-0.4, -0.2) is 60.5 Å². The zero-order chi connectivity index (χ0) is 30.8. The van der Waals surface area contributed by atoms with Crippen LogP contribution in [-0.2, 0) is 25.0 Å². The highest BCUT2D eigenvalue weighted by Gasteiger charge is 2.31. The number of carbonyl (C=O) groups is 1. The Kier molecular flexibility index (Phi) is 11.3. The zero-order valence-corrected chi connectivity index (χ0v) is 26.2. The third kappa shape index (κ3) is 8.41. The highest BCUT2D eigenvalue weighted by Crippen LogP contribution is 2.47. The first kappa shape index (κ1) is 32.1. The molecule has 1 fully saturated rings. The minimum atomic E-state index is -3.32. The summed E-state index contributed by atoms with van der Waals surface area (Å²) in [4.78, 5) is 19.5. The number of hydrogen-bond donors (Lipinski definition) is 2. The third-order valence-electron chi connectivity index (χ3n) is 7.14. The molecule has 1 aliphatic rings. The van der Waals surface area contributed by atoms with Gasteiger partial charge in [0, 0.05) is 43.2 Å². The molecule has 1 aromatic heterocycles. The van der Waals surface area contributed by atoms with E-state index in [2.05, 4.69) is 48.4 Å². The summed E-state index contributed by atoms with van der Waals surface area (Å²) >= 11 is 0. The third-order valence-corrected chi connectivity index (χ3v) is 9.19. The molecule has 0 atom stereocenters. The van der Waals surface area contributed by atoms with Crippen molar-refractivity contribution in [2.75, 3.05) is 39.0 Å². The molecule has 0 bridgehead atoms. The van der Waals surface area contributed by atoms with E-state index in [9.17, 15) is 9.36 Å². The molecule has 9 nitrogen and oxygen atoms in total. The highest BCUT2D eigenvalue weighted by atomic mass is 31.2. The summed E-state index contributed by atoms with van der Waals surface area (Å²) in [5.74, 6) is 0.884. The summed E-state index contributed by atoms with van der Waals surface area (Å²) in [6.45, 7) is 9.94. The van der Waals surface area contributed by atoms with Gasteiger partial charge in [-0.05, 0) is 60.7 Å². The summed E-state index contributed by atoms with van der Waals surface area (Å²) in [7, 11) is -3.32. The molecule has 1 amide bonds. The first-order valence-electron chi connectivity index (χ1n) is 14.7. The van der Waals surface area contributed by atoms with E-state index in [0.717, 1.165) is 5.56 Å². The second-order valence-electron chi connectivity index (χ2n) is 10.5. The van der Waals surface area contributed by atoms with Crippen LogP contribution >= 0.6 is 7.60 Å². The van der Waals surface area contributed by atoms with E-state index in [-0.39, 0.29) is 37.5 Å². The largest absolute Gasteiger partial charge is 0.489 e. The van der Waals surface area contributed by atoms with Gasteiger partial charge < -0.3 is 24.0 Å². The molecule has 0 radical (unpaired) electrons. The van der Waals surface area contributed by atoms with Crippen molar-refractivity contribution in [3.05, 3.63) is 101 Å². The van der Waals surface area contributed by atoms with Crippen LogP contribution in [0.2, 0.25) is 0 Å². The van der Waals surface area contributed by atoms with E-state index in [1.165, 1.54) is 5.56 Å². The maximum atomic E-state index is 13.8. The van der Waals surface area contributed by atoms with Crippen molar-refractivity contribution >= 4 is 24.8 Å². The zero-order valence-electron chi connectivity index (χ0n) is 25.3. The summed E-state index contributed by atoms with van der Waals surface area (Å²) in [6, 6.07) is 19.3. The van der Waals surface area contributed by atoms with Crippen LogP contribution in [0.15, 0.2) is 78.8 Å². The van der Waals surface area contributed by atoms with Crippen molar-refractivity contribution < 1.29 is 23.1 Å². The van der Waals surface area contributed by atoms with Crippen molar-refractivity contribution in [2.45, 2.75) is 40.2 Å². The van der Waals surface area contributed by atoms with Crippen molar-refractivity contribution in [2.24, 2.45) is 0 Å². The van der Waals surface area contributed by atoms with Gasteiger partial charge >= 0.3 is 7.60 Å². The van der Waals surface area contributed by atoms with Crippen LogP contribution in [0.5, 0.6) is 5.75 Å². The van der Waals surface area contributed by atoms with E-state index >= 15 is 0 Å². The summed E-state index contributed by atoms with van der Waals surface area (Å²) in [5, 5.41) is 12.3. The Labute approximate surface area is 254 Å². The topological polar surface area (TPSA) is 114 Å². The first-order chi connectivity index (χ1) is 20.7. The van der Waals surface area contributed by atoms with Crippen LogP contribution in [0, 0.1) is 5.41 Å². The molecule has 2 N–H and O–H groups in total. The number of piperazine rings is 1. The van der Waals surface area contributed by atoms with Crippen molar-refractivity contribution in [1.82, 2.24) is 15.2 Å². The van der Waals surface area contributed by atoms with Gasteiger partial charge in [-0.25, -0.2) is 0 Å². The summed E-state index contributed by atoms with van der Waals surface area (Å²) in [6.07, 6.45) is 3.34. The van der Waals surface area contributed by atoms with Gasteiger partial charge in [-0.3, -0.25) is 19.8 Å². The molecule has 4 rings (SSSR count). The lowest BCUT2D eigenvalue weighted by Gasteiger charge is -2.32. The number of ether oxygens (including phenoxy) is 1. The van der Waals surface area contributed by atoms with E-state index in [4.69, 9.17) is 19.2 Å². The van der Waals surface area contributed by atoms with Gasteiger partial charge in [0.05, 0.1) is 25.1 Å². The van der Waals surface area contributed by atoms with Gasteiger partial charge in [0.25, 0.3) is 5.91 Å². The molecule has 0 aliphatic carbocycles. The Morgan fingerprint density at radius 3 is 2.23 bits per heavy atom. The molecule has 0 spiro atoms. The van der Waals surface area contributed by atoms with Gasteiger partial charge in [-0.1, -0.05) is 50.2 Å².